The van der Waals surface area contributed by atoms with Gasteiger partial charge in [0.2, 0.25) is 0 Å². The van der Waals surface area contributed by atoms with Crippen molar-refractivity contribution >= 4 is 17.0 Å². The molecule has 0 aliphatic carbocycles. The molecule has 0 spiro atoms. The molecule has 0 radical (unpaired) electrons. The van der Waals surface area contributed by atoms with Gasteiger partial charge in [0.15, 0.2) is 0 Å². The van der Waals surface area contributed by atoms with Crippen LogP contribution in [0.1, 0.15) is 30.5 Å². The van der Waals surface area contributed by atoms with E-state index in [1.165, 1.54) is 11.1 Å². The maximum absolute atomic E-state index is 4.99. The van der Waals surface area contributed by atoms with Crippen molar-refractivity contribution in [3.8, 4) is 0 Å². The summed E-state index contributed by atoms with van der Waals surface area (Å²) in [6, 6.07) is 31.1. The van der Waals surface area contributed by atoms with Crippen molar-refractivity contribution in [2.24, 2.45) is 4.99 Å². The van der Waals surface area contributed by atoms with E-state index in [9.17, 15) is 0 Å². The van der Waals surface area contributed by atoms with Crippen LogP contribution >= 0.6 is 0 Å². The second-order valence-electron chi connectivity index (χ2n) is 5.77. The van der Waals surface area contributed by atoms with Crippen LogP contribution in [0.5, 0.6) is 0 Å². The monoisotopic (exact) mass is 311 g/mol. The van der Waals surface area contributed by atoms with Crippen molar-refractivity contribution in [2.75, 3.05) is 0 Å². The summed E-state index contributed by atoms with van der Waals surface area (Å²) >= 11 is 0. The zero-order valence-corrected chi connectivity index (χ0v) is 14.1. The third kappa shape index (κ3) is 3.69. The average molecular weight is 311 g/mol. The highest BCUT2D eigenvalue weighted by Gasteiger charge is 2.08. The van der Waals surface area contributed by atoms with Crippen LogP contribution in [0.15, 0.2) is 96.0 Å². The summed E-state index contributed by atoms with van der Waals surface area (Å²) in [6.45, 7) is 4.20. The van der Waals surface area contributed by atoms with Gasteiger partial charge in [0.25, 0.3) is 0 Å². The number of hydrogen-bond acceptors (Lipinski definition) is 1. The third-order valence-electron chi connectivity index (χ3n) is 4.08. The van der Waals surface area contributed by atoms with E-state index in [1.54, 1.807) is 0 Å². The van der Waals surface area contributed by atoms with Gasteiger partial charge in [-0.1, -0.05) is 91.0 Å². The van der Waals surface area contributed by atoms with E-state index in [0.717, 1.165) is 22.5 Å². The Labute approximate surface area is 144 Å². The first kappa shape index (κ1) is 15.9. The number of allylic oxidation sites excluding steroid dienone is 1. The Morgan fingerprint density at radius 2 is 0.958 bits per heavy atom. The fraction of sp³-hybridized carbons (Fsp3) is 0.0870. The van der Waals surface area contributed by atoms with Gasteiger partial charge in [-0.2, -0.15) is 0 Å². The van der Waals surface area contributed by atoms with Crippen molar-refractivity contribution in [1.29, 1.82) is 0 Å². The topological polar surface area (TPSA) is 12.4 Å². The average Bonchev–Trinajstić information content (AvgIpc) is 2.67. The summed E-state index contributed by atoms with van der Waals surface area (Å²) < 4.78 is 0. The number of rotatable bonds is 4. The maximum atomic E-state index is 4.99. The number of aliphatic imine (C=N–C) groups is 1. The van der Waals surface area contributed by atoms with E-state index in [2.05, 4.69) is 74.5 Å². The highest BCUT2D eigenvalue weighted by Crippen LogP contribution is 2.27. The highest BCUT2D eigenvalue weighted by molar-refractivity contribution is 6.04. The third-order valence-corrected chi connectivity index (χ3v) is 4.08. The van der Waals surface area contributed by atoms with Crippen molar-refractivity contribution in [3.63, 3.8) is 0 Å². The van der Waals surface area contributed by atoms with Gasteiger partial charge in [0.1, 0.15) is 0 Å². The zero-order chi connectivity index (χ0) is 16.8. The van der Waals surface area contributed by atoms with E-state index >= 15 is 0 Å². The van der Waals surface area contributed by atoms with E-state index in [4.69, 9.17) is 4.99 Å². The van der Waals surface area contributed by atoms with E-state index < -0.39 is 0 Å². The molecule has 0 aliphatic heterocycles. The minimum atomic E-state index is 1.02. The first-order valence-electron chi connectivity index (χ1n) is 8.18. The lowest BCUT2D eigenvalue weighted by Crippen LogP contribution is -1.97. The lowest BCUT2D eigenvalue weighted by atomic mass is 10.0. The molecule has 3 aromatic carbocycles. The smallest absolute Gasteiger partial charge is 0.0740 e. The number of nitrogens with zero attached hydrogens (tertiary/aromatic N) is 1. The molecule has 1 nitrogen and oxygen atoms in total. The maximum Gasteiger partial charge on any atom is 0.0740 e. The molecule has 0 aromatic heterocycles. The van der Waals surface area contributed by atoms with Gasteiger partial charge in [-0.3, -0.25) is 4.99 Å². The SMILES string of the molecule is CC(=N/C(=C(\C)c1ccccc1)c1ccccc1)c1ccccc1. The second-order valence-corrected chi connectivity index (χ2v) is 5.77. The van der Waals surface area contributed by atoms with Gasteiger partial charge >= 0.3 is 0 Å². The van der Waals surface area contributed by atoms with Crippen molar-refractivity contribution in [3.05, 3.63) is 108 Å². The number of hydrogen-bond donors (Lipinski definition) is 0. The van der Waals surface area contributed by atoms with Crippen molar-refractivity contribution in [1.82, 2.24) is 0 Å². The molecule has 0 aliphatic rings. The predicted octanol–water partition coefficient (Wildman–Crippen LogP) is 6.08. The predicted molar refractivity (Wildman–Crippen MR) is 104 cm³/mol. The first-order valence-corrected chi connectivity index (χ1v) is 8.18. The van der Waals surface area contributed by atoms with Crippen LogP contribution in [0.3, 0.4) is 0 Å². The van der Waals surface area contributed by atoms with Gasteiger partial charge in [-0.05, 0) is 30.5 Å². The lowest BCUT2D eigenvalue weighted by molar-refractivity contribution is 1.44. The van der Waals surface area contributed by atoms with Crippen molar-refractivity contribution < 1.29 is 0 Å². The molecule has 0 bridgehead atoms. The van der Waals surface area contributed by atoms with E-state index in [1.807, 2.05) is 30.3 Å². The summed E-state index contributed by atoms with van der Waals surface area (Å²) in [7, 11) is 0. The Bertz CT molecular complexity index is 844. The molecule has 0 amide bonds. The van der Waals surface area contributed by atoms with Crippen molar-refractivity contribution in [2.45, 2.75) is 13.8 Å². The first-order chi connectivity index (χ1) is 11.8. The van der Waals surface area contributed by atoms with Gasteiger partial charge in [0.05, 0.1) is 5.70 Å². The molecule has 0 heterocycles. The second kappa shape index (κ2) is 7.56. The quantitative estimate of drug-likeness (QED) is 0.409. The molecule has 0 N–H and O–H groups in total. The standard InChI is InChI=1S/C23H21N/c1-18(20-12-6-3-7-13-20)23(22-16-10-5-11-17-22)24-19(2)21-14-8-4-9-15-21/h3-17H,1-2H3/b23-18+,24-19?. The van der Waals surface area contributed by atoms with Gasteiger partial charge < -0.3 is 0 Å². The molecule has 0 unspecified atom stereocenters. The molecule has 3 aromatic rings. The molecular weight excluding hydrogens is 290 g/mol. The molecule has 1 heteroatoms. The number of benzene rings is 3. The largest absolute Gasteiger partial charge is 0.252 e. The van der Waals surface area contributed by atoms with Crippen LogP contribution < -0.4 is 0 Å². The van der Waals surface area contributed by atoms with Crippen LogP contribution in [0, 0.1) is 0 Å². The lowest BCUT2D eigenvalue weighted by Gasteiger charge is -2.11. The Kier molecular flexibility index (Phi) is 5.02. The fourth-order valence-corrected chi connectivity index (χ4v) is 2.70. The van der Waals surface area contributed by atoms with Gasteiger partial charge in [-0.25, -0.2) is 0 Å². The van der Waals surface area contributed by atoms with Crippen LogP contribution in [0.25, 0.3) is 11.3 Å². The summed E-state index contributed by atoms with van der Waals surface area (Å²) in [6.07, 6.45) is 0. The van der Waals surface area contributed by atoms with E-state index in [0.29, 0.717) is 0 Å². The molecule has 24 heavy (non-hydrogen) atoms. The molecule has 0 saturated heterocycles. The summed E-state index contributed by atoms with van der Waals surface area (Å²) in [5.74, 6) is 0. The molecule has 3 rings (SSSR count). The molecule has 118 valence electrons. The molecular formula is C23H21N. The Hall–Kier alpha value is -2.93. The normalized spacial score (nSPS) is 12.7. The minimum absolute atomic E-state index is 1.02. The van der Waals surface area contributed by atoms with E-state index in [-0.39, 0.29) is 0 Å². The Balaban J connectivity index is 2.14. The minimum Gasteiger partial charge on any atom is -0.252 e. The van der Waals surface area contributed by atoms with Crippen LogP contribution in [0.4, 0.5) is 0 Å². The van der Waals surface area contributed by atoms with Crippen LogP contribution in [0.2, 0.25) is 0 Å². The summed E-state index contributed by atoms with van der Waals surface area (Å²) in [4.78, 5) is 4.99. The Morgan fingerprint density at radius 1 is 0.542 bits per heavy atom. The van der Waals surface area contributed by atoms with Gasteiger partial charge in [0, 0.05) is 11.3 Å². The van der Waals surface area contributed by atoms with Crippen LogP contribution in [-0.2, 0) is 0 Å². The van der Waals surface area contributed by atoms with Gasteiger partial charge in [-0.15, -0.1) is 0 Å². The molecule has 0 fully saturated rings. The highest BCUT2D eigenvalue weighted by atomic mass is 14.8. The molecule has 0 atom stereocenters. The zero-order valence-electron chi connectivity index (χ0n) is 14.1. The summed E-state index contributed by atoms with van der Waals surface area (Å²) in [5, 5.41) is 0. The fourth-order valence-electron chi connectivity index (χ4n) is 2.70. The molecule has 0 saturated carbocycles. The van der Waals surface area contributed by atoms with Crippen LogP contribution in [-0.4, -0.2) is 5.71 Å². The summed E-state index contributed by atoms with van der Waals surface area (Å²) in [5.41, 5.74) is 6.69. The Morgan fingerprint density at radius 3 is 1.46 bits per heavy atom.